The van der Waals surface area contributed by atoms with E-state index in [1.54, 1.807) is 7.11 Å². The van der Waals surface area contributed by atoms with Crippen LogP contribution in [0.2, 0.25) is 0 Å². The van der Waals surface area contributed by atoms with Crippen molar-refractivity contribution in [2.45, 2.75) is 32.2 Å². The van der Waals surface area contributed by atoms with Crippen molar-refractivity contribution in [1.29, 1.82) is 0 Å². The van der Waals surface area contributed by atoms with Crippen LogP contribution in [0.15, 0.2) is 6.20 Å². The maximum absolute atomic E-state index is 11.8. The topological polar surface area (TPSA) is 56.1 Å². The van der Waals surface area contributed by atoms with Crippen LogP contribution in [0.25, 0.3) is 0 Å². The number of fused-ring (bicyclic) bond motifs is 1. The molecule has 1 aromatic rings. The van der Waals surface area contributed by atoms with E-state index in [1.165, 1.54) is 12.8 Å². The van der Waals surface area contributed by atoms with Gasteiger partial charge in [0.1, 0.15) is 11.5 Å². The fourth-order valence-electron chi connectivity index (χ4n) is 2.03. The SMILES string of the molecule is COCCCNC(=O)c1cn2c(n1)CCCC2. The lowest BCUT2D eigenvalue weighted by Crippen LogP contribution is -2.25. The lowest BCUT2D eigenvalue weighted by Gasteiger charge is -2.11. The van der Waals surface area contributed by atoms with Gasteiger partial charge in [-0.1, -0.05) is 0 Å². The maximum atomic E-state index is 11.8. The van der Waals surface area contributed by atoms with Crippen molar-refractivity contribution >= 4 is 5.91 Å². The Labute approximate surface area is 101 Å². The molecular formula is C12H19N3O2. The van der Waals surface area contributed by atoms with Crippen molar-refractivity contribution in [2.75, 3.05) is 20.3 Å². The van der Waals surface area contributed by atoms with Crippen LogP contribution in [-0.4, -0.2) is 35.7 Å². The molecule has 1 aromatic heterocycles. The van der Waals surface area contributed by atoms with Gasteiger partial charge in [0.15, 0.2) is 0 Å². The maximum Gasteiger partial charge on any atom is 0.271 e. The van der Waals surface area contributed by atoms with E-state index < -0.39 is 0 Å². The van der Waals surface area contributed by atoms with E-state index in [0.29, 0.717) is 18.8 Å². The summed E-state index contributed by atoms with van der Waals surface area (Å²) in [6.45, 7) is 2.29. The van der Waals surface area contributed by atoms with Gasteiger partial charge >= 0.3 is 0 Å². The molecule has 94 valence electrons. The third kappa shape index (κ3) is 3.06. The number of methoxy groups -OCH3 is 1. The average Bonchev–Trinajstić information content (AvgIpc) is 2.78. The molecule has 1 aliphatic heterocycles. The number of amides is 1. The number of imidazole rings is 1. The van der Waals surface area contributed by atoms with E-state index >= 15 is 0 Å². The molecule has 0 saturated carbocycles. The summed E-state index contributed by atoms with van der Waals surface area (Å²) in [7, 11) is 1.66. The number of aromatic nitrogens is 2. The minimum Gasteiger partial charge on any atom is -0.385 e. The highest BCUT2D eigenvalue weighted by Crippen LogP contribution is 2.14. The largest absolute Gasteiger partial charge is 0.385 e. The highest BCUT2D eigenvalue weighted by atomic mass is 16.5. The number of hydrogen-bond acceptors (Lipinski definition) is 3. The average molecular weight is 237 g/mol. The normalized spacial score (nSPS) is 14.4. The molecule has 0 fully saturated rings. The van der Waals surface area contributed by atoms with Gasteiger partial charge in [0.25, 0.3) is 5.91 Å². The number of nitrogens with one attached hydrogen (secondary N) is 1. The summed E-state index contributed by atoms with van der Waals surface area (Å²) in [6, 6.07) is 0. The number of nitrogens with zero attached hydrogens (tertiary/aromatic N) is 2. The zero-order valence-corrected chi connectivity index (χ0v) is 10.2. The molecule has 5 nitrogen and oxygen atoms in total. The Hall–Kier alpha value is -1.36. The predicted octanol–water partition coefficient (Wildman–Crippen LogP) is 0.986. The first-order chi connectivity index (χ1) is 8.31. The second-order valence-electron chi connectivity index (χ2n) is 4.30. The fraction of sp³-hybridized carbons (Fsp3) is 0.667. The van der Waals surface area contributed by atoms with Crippen molar-refractivity contribution in [1.82, 2.24) is 14.9 Å². The molecule has 1 amide bonds. The molecule has 0 aromatic carbocycles. The highest BCUT2D eigenvalue weighted by molar-refractivity contribution is 5.92. The lowest BCUT2D eigenvalue weighted by atomic mass is 10.2. The molecular weight excluding hydrogens is 218 g/mol. The van der Waals surface area contributed by atoms with Crippen molar-refractivity contribution < 1.29 is 9.53 Å². The summed E-state index contributed by atoms with van der Waals surface area (Å²) in [4.78, 5) is 16.2. The molecule has 0 spiro atoms. The van der Waals surface area contributed by atoms with Crippen LogP contribution in [0.1, 0.15) is 35.6 Å². The summed E-state index contributed by atoms with van der Waals surface area (Å²) in [6.07, 6.45) is 6.02. The van der Waals surface area contributed by atoms with E-state index in [2.05, 4.69) is 14.9 Å². The molecule has 0 radical (unpaired) electrons. The quantitative estimate of drug-likeness (QED) is 0.777. The number of carbonyl (C=O) groups excluding carboxylic acids is 1. The number of carbonyl (C=O) groups is 1. The molecule has 17 heavy (non-hydrogen) atoms. The van der Waals surface area contributed by atoms with Crippen molar-refractivity contribution in [3.63, 3.8) is 0 Å². The zero-order chi connectivity index (χ0) is 12.1. The third-order valence-corrected chi connectivity index (χ3v) is 2.95. The van der Waals surface area contributed by atoms with Gasteiger partial charge in [-0.25, -0.2) is 4.98 Å². The van der Waals surface area contributed by atoms with Crippen LogP contribution in [0.4, 0.5) is 0 Å². The van der Waals surface area contributed by atoms with Gasteiger partial charge in [0.05, 0.1) is 0 Å². The first-order valence-corrected chi connectivity index (χ1v) is 6.14. The molecule has 2 rings (SSSR count). The molecule has 1 aliphatic rings. The van der Waals surface area contributed by atoms with Gasteiger partial charge < -0.3 is 14.6 Å². The van der Waals surface area contributed by atoms with Crippen LogP contribution in [0.3, 0.4) is 0 Å². The van der Waals surface area contributed by atoms with E-state index in [0.717, 1.165) is 25.2 Å². The second kappa shape index (κ2) is 5.82. The van der Waals surface area contributed by atoms with Crippen LogP contribution >= 0.6 is 0 Å². The number of hydrogen-bond donors (Lipinski definition) is 1. The van der Waals surface area contributed by atoms with Crippen molar-refractivity contribution in [2.24, 2.45) is 0 Å². The Morgan fingerprint density at radius 2 is 2.47 bits per heavy atom. The molecule has 0 aliphatic carbocycles. The molecule has 5 heteroatoms. The van der Waals surface area contributed by atoms with Crippen LogP contribution < -0.4 is 5.32 Å². The Bertz CT molecular complexity index is 364. The van der Waals surface area contributed by atoms with Crippen LogP contribution in [-0.2, 0) is 17.7 Å². The molecule has 0 atom stereocenters. The monoisotopic (exact) mass is 237 g/mol. The van der Waals surface area contributed by atoms with E-state index in [-0.39, 0.29) is 5.91 Å². The van der Waals surface area contributed by atoms with Crippen molar-refractivity contribution in [3.05, 3.63) is 17.7 Å². The molecule has 0 unspecified atom stereocenters. The Balaban J connectivity index is 1.88. The smallest absolute Gasteiger partial charge is 0.271 e. The van der Waals surface area contributed by atoms with E-state index in [1.807, 2.05) is 6.20 Å². The van der Waals surface area contributed by atoms with Crippen molar-refractivity contribution in [3.8, 4) is 0 Å². The Morgan fingerprint density at radius 3 is 3.24 bits per heavy atom. The number of aryl methyl sites for hydroxylation is 2. The van der Waals surface area contributed by atoms with Gasteiger partial charge in [0, 0.05) is 39.4 Å². The Morgan fingerprint density at radius 1 is 1.59 bits per heavy atom. The molecule has 2 heterocycles. The van der Waals surface area contributed by atoms with E-state index in [9.17, 15) is 4.79 Å². The zero-order valence-electron chi connectivity index (χ0n) is 10.2. The molecule has 1 N–H and O–H groups in total. The molecule has 0 saturated heterocycles. The predicted molar refractivity (Wildman–Crippen MR) is 64.0 cm³/mol. The fourth-order valence-corrected chi connectivity index (χ4v) is 2.03. The highest BCUT2D eigenvalue weighted by Gasteiger charge is 2.16. The first kappa shape index (κ1) is 12.1. The van der Waals surface area contributed by atoms with Crippen LogP contribution in [0, 0.1) is 0 Å². The summed E-state index contributed by atoms with van der Waals surface area (Å²) in [5, 5.41) is 2.85. The van der Waals surface area contributed by atoms with Gasteiger partial charge in [-0.3, -0.25) is 4.79 Å². The summed E-state index contributed by atoms with van der Waals surface area (Å²) < 4.78 is 7.02. The van der Waals surface area contributed by atoms with Gasteiger partial charge in [-0.05, 0) is 19.3 Å². The van der Waals surface area contributed by atoms with Crippen LogP contribution in [0.5, 0.6) is 0 Å². The third-order valence-electron chi connectivity index (χ3n) is 2.95. The van der Waals surface area contributed by atoms with Gasteiger partial charge in [-0.15, -0.1) is 0 Å². The summed E-state index contributed by atoms with van der Waals surface area (Å²) in [5.41, 5.74) is 0.541. The van der Waals surface area contributed by atoms with Gasteiger partial charge in [0.2, 0.25) is 0 Å². The van der Waals surface area contributed by atoms with E-state index in [4.69, 9.17) is 4.74 Å². The minimum atomic E-state index is -0.0806. The summed E-state index contributed by atoms with van der Waals surface area (Å²) >= 11 is 0. The standard InChI is InChI=1S/C12H19N3O2/c1-17-8-4-6-13-12(16)10-9-15-7-3-2-5-11(15)14-10/h9H,2-8H2,1H3,(H,13,16). The first-order valence-electron chi connectivity index (χ1n) is 6.14. The number of ether oxygens (including phenoxy) is 1. The Kier molecular flexibility index (Phi) is 4.14. The summed E-state index contributed by atoms with van der Waals surface area (Å²) in [5.74, 6) is 0.960. The minimum absolute atomic E-state index is 0.0806. The number of rotatable bonds is 5. The molecule has 0 bridgehead atoms. The second-order valence-corrected chi connectivity index (χ2v) is 4.30. The van der Waals surface area contributed by atoms with Gasteiger partial charge in [-0.2, -0.15) is 0 Å². The lowest BCUT2D eigenvalue weighted by molar-refractivity contribution is 0.0944.